The summed E-state index contributed by atoms with van der Waals surface area (Å²) in [5.74, 6) is 0.199. The van der Waals surface area contributed by atoms with Crippen molar-refractivity contribution < 1.29 is 19.1 Å². The third kappa shape index (κ3) is 3.26. The first-order chi connectivity index (χ1) is 12.6. The van der Waals surface area contributed by atoms with Crippen LogP contribution in [-0.4, -0.2) is 71.2 Å². The molecular formula is C20H32N2O4. The monoisotopic (exact) mass is 364 g/mol. The van der Waals surface area contributed by atoms with Crippen molar-refractivity contribution in [1.29, 1.82) is 0 Å². The summed E-state index contributed by atoms with van der Waals surface area (Å²) in [6.45, 7) is 4.69. The van der Waals surface area contributed by atoms with E-state index >= 15 is 0 Å². The van der Waals surface area contributed by atoms with Gasteiger partial charge in [0.25, 0.3) is 5.91 Å². The first-order valence-corrected chi connectivity index (χ1v) is 10.4. The highest BCUT2D eigenvalue weighted by Gasteiger charge is 2.47. The Kier molecular flexibility index (Phi) is 5.24. The maximum atomic E-state index is 13.3. The van der Waals surface area contributed by atoms with E-state index in [-0.39, 0.29) is 42.1 Å². The second-order valence-electron chi connectivity index (χ2n) is 8.50. The van der Waals surface area contributed by atoms with Crippen molar-refractivity contribution in [3.05, 3.63) is 0 Å². The van der Waals surface area contributed by atoms with Crippen LogP contribution in [-0.2, 0) is 19.1 Å². The quantitative estimate of drug-likeness (QED) is 0.715. The maximum Gasteiger partial charge on any atom is 0.254 e. The van der Waals surface area contributed by atoms with E-state index in [0.717, 1.165) is 44.9 Å². The number of hydrogen-bond donors (Lipinski definition) is 0. The van der Waals surface area contributed by atoms with Crippen LogP contribution >= 0.6 is 0 Å². The molecule has 2 aliphatic heterocycles. The number of piperazine rings is 1. The summed E-state index contributed by atoms with van der Waals surface area (Å²) in [6, 6.07) is 0.340. The van der Waals surface area contributed by atoms with Crippen LogP contribution in [0.3, 0.4) is 0 Å². The number of ether oxygens (including phenoxy) is 2. The molecule has 4 aliphatic rings. The lowest BCUT2D eigenvalue weighted by Gasteiger charge is -2.53. The Bertz CT molecular complexity index is 554. The molecule has 0 N–H and O–H groups in total. The Balaban J connectivity index is 1.49. The average molecular weight is 364 g/mol. The van der Waals surface area contributed by atoms with Crippen LogP contribution in [0.1, 0.15) is 65.2 Å². The molecule has 4 rings (SSSR count). The van der Waals surface area contributed by atoms with Crippen LogP contribution in [0.5, 0.6) is 0 Å². The van der Waals surface area contributed by atoms with Crippen molar-refractivity contribution in [2.24, 2.45) is 0 Å². The molecule has 2 saturated heterocycles. The Labute approximate surface area is 156 Å². The van der Waals surface area contributed by atoms with Crippen LogP contribution < -0.4 is 0 Å². The summed E-state index contributed by atoms with van der Waals surface area (Å²) in [7, 11) is 0. The van der Waals surface area contributed by atoms with Gasteiger partial charge in [0.2, 0.25) is 5.91 Å². The van der Waals surface area contributed by atoms with Crippen LogP contribution in [0.2, 0.25) is 0 Å². The lowest BCUT2D eigenvalue weighted by molar-refractivity contribution is -0.206. The zero-order valence-electron chi connectivity index (χ0n) is 16.1. The van der Waals surface area contributed by atoms with Crippen LogP contribution in [0.15, 0.2) is 0 Å². The number of carbonyl (C=O) groups excluding carboxylic acids is 2. The number of hydrogen-bond acceptors (Lipinski definition) is 4. The van der Waals surface area contributed by atoms with Crippen molar-refractivity contribution in [2.45, 2.75) is 102 Å². The third-order valence-corrected chi connectivity index (χ3v) is 6.75. The molecule has 2 heterocycles. The molecule has 0 radical (unpaired) electrons. The van der Waals surface area contributed by atoms with E-state index in [0.29, 0.717) is 13.2 Å². The highest BCUT2D eigenvalue weighted by molar-refractivity contribution is 5.82. The predicted molar refractivity (Wildman–Crippen MR) is 96.6 cm³/mol. The third-order valence-electron chi connectivity index (χ3n) is 6.75. The van der Waals surface area contributed by atoms with Gasteiger partial charge in [0.15, 0.2) is 6.10 Å². The lowest BCUT2D eigenvalue weighted by atomic mass is 9.84. The van der Waals surface area contributed by atoms with Gasteiger partial charge in [0, 0.05) is 19.5 Å². The zero-order valence-corrected chi connectivity index (χ0v) is 16.1. The van der Waals surface area contributed by atoms with Crippen molar-refractivity contribution in [2.75, 3.05) is 13.2 Å². The molecule has 26 heavy (non-hydrogen) atoms. The Morgan fingerprint density at radius 1 is 0.923 bits per heavy atom. The molecule has 0 aromatic heterocycles. The fourth-order valence-electron chi connectivity index (χ4n) is 5.60. The second-order valence-corrected chi connectivity index (χ2v) is 8.50. The first-order valence-electron chi connectivity index (χ1n) is 10.4. The standard InChI is InChI=1S/C20H32N2O4/c1-13-11-21(15-7-3-4-8-16(15)22(13)14(2)23)20(24)19-12-25-17-9-5-6-10-18(17)26-19/h13,15-19H,3-12H2,1-2H3/t13-,15?,16?,17?,18?,19+/m0/s1. The number of carbonyl (C=O) groups is 2. The molecule has 0 aromatic rings. The van der Waals surface area contributed by atoms with Gasteiger partial charge in [0.05, 0.1) is 30.9 Å². The maximum absolute atomic E-state index is 13.3. The van der Waals surface area contributed by atoms with Crippen LogP contribution in [0.4, 0.5) is 0 Å². The summed E-state index contributed by atoms with van der Waals surface area (Å²) in [5, 5.41) is 0. The lowest BCUT2D eigenvalue weighted by Crippen LogP contribution is -2.68. The Morgan fingerprint density at radius 3 is 2.31 bits per heavy atom. The van der Waals surface area contributed by atoms with E-state index in [1.807, 2.05) is 9.80 Å². The second kappa shape index (κ2) is 7.47. The highest BCUT2D eigenvalue weighted by atomic mass is 16.6. The van der Waals surface area contributed by atoms with Gasteiger partial charge in [-0.05, 0) is 32.6 Å². The average Bonchev–Trinajstić information content (AvgIpc) is 2.66. The number of fused-ring (bicyclic) bond motifs is 2. The van der Waals surface area contributed by atoms with Crippen molar-refractivity contribution >= 4 is 11.8 Å². The molecule has 4 unspecified atom stereocenters. The van der Waals surface area contributed by atoms with Gasteiger partial charge in [-0.3, -0.25) is 9.59 Å². The van der Waals surface area contributed by atoms with E-state index in [4.69, 9.17) is 9.47 Å². The Hall–Kier alpha value is -1.14. The first kappa shape index (κ1) is 18.2. The normalized spacial score (nSPS) is 40.5. The number of nitrogens with zero attached hydrogens (tertiary/aromatic N) is 2. The minimum Gasteiger partial charge on any atom is -0.372 e. The van der Waals surface area contributed by atoms with E-state index < -0.39 is 6.10 Å². The molecule has 6 nitrogen and oxygen atoms in total. The summed E-state index contributed by atoms with van der Waals surface area (Å²) >= 11 is 0. The SMILES string of the molecule is CC(=O)N1C2CCCCC2N(C(=O)[C@H]2COC3CCCCC3O2)C[C@@H]1C. The molecule has 0 bridgehead atoms. The minimum atomic E-state index is -0.479. The smallest absolute Gasteiger partial charge is 0.254 e. The molecule has 4 fully saturated rings. The molecule has 2 amide bonds. The molecule has 0 spiro atoms. The Morgan fingerprint density at radius 2 is 1.58 bits per heavy atom. The van der Waals surface area contributed by atoms with Gasteiger partial charge < -0.3 is 19.3 Å². The fourth-order valence-corrected chi connectivity index (χ4v) is 5.60. The van der Waals surface area contributed by atoms with Gasteiger partial charge in [0.1, 0.15) is 0 Å². The number of amides is 2. The topological polar surface area (TPSA) is 59.1 Å². The molecular weight excluding hydrogens is 332 g/mol. The fraction of sp³-hybridized carbons (Fsp3) is 0.900. The van der Waals surface area contributed by atoms with Gasteiger partial charge >= 0.3 is 0 Å². The van der Waals surface area contributed by atoms with Crippen molar-refractivity contribution in [1.82, 2.24) is 9.80 Å². The van der Waals surface area contributed by atoms with Crippen molar-refractivity contribution in [3.63, 3.8) is 0 Å². The predicted octanol–water partition coefficient (Wildman–Crippen LogP) is 2.10. The molecule has 6 heteroatoms. The summed E-state index contributed by atoms with van der Waals surface area (Å²) < 4.78 is 12.2. The molecule has 146 valence electrons. The van der Waals surface area contributed by atoms with Crippen molar-refractivity contribution in [3.8, 4) is 0 Å². The number of rotatable bonds is 1. The largest absolute Gasteiger partial charge is 0.372 e. The molecule has 2 saturated carbocycles. The van der Waals surface area contributed by atoms with Gasteiger partial charge in [-0.2, -0.15) is 0 Å². The van der Waals surface area contributed by atoms with Crippen LogP contribution in [0, 0.1) is 0 Å². The molecule has 2 aliphatic carbocycles. The van der Waals surface area contributed by atoms with E-state index in [2.05, 4.69) is 6.92 Å². The van der Waals surface area contributed by atoms with E-state index in [1.54, 1.807) is 6.92 Å². The highest BCUT2D eigenvalue weighted by Crippen LogP contribution is 2.35. The van der Waals surface area contributed by atoms with Gasteiger partial charge in [-0.25, -0.2) is 0 Å². The summed E-state index contributed by atoms with van der Waals surface area (Å²) in [4.78, 5) is 29.5. The van der Waals surface area contributed by atoms with E-state index in [1.165, 1.54) is 6.42 Å². The van der Waals surface area contributed by atoms with E-state index in [9.17, 15) is 9.59 Å². The summed E-state index contributed by atoms with van der Waals surface area (Å²) in [6.07, 6.45) is 8.38. The van der Waals surface area contributed by atoms with Crippen LogP contribution in [0.25, 0.3) is 0 Å². The zero-order chi connectivity index (χ0) is 18.3. The van der Waals surface area contributed by atoms with Gasteiger partial charge in [-0.1, -0.05) is 25.7 Å². The molecule has 0 aromatic carbocycles. The summed E-state index contributed by atoms with van der Waals surface area (Å²) in [5.41, 5.74) is 0. The minimum absolute atomic E-state index is 0.0581. The molecule has 6 atom stereocenters. The van der Waals surface area contributed by atoms with Gasteiger partial charge in [-0.15, -0.1) is 0 Å².